The Labute approximate surface area is 818 Å². The van der Waals surface area contributed by atoms with Crippen LogP contribution >= 0.6 is 34.8 Å². The van der Waals surface area contributed by atoms with Crippen LogP contribution in [-0.4, -0.2) is 293 Å². The molecule has 27 N–H and O–H groups in total. The molecular formula is C95H118Cl3N13O29. The molecule has 7 aliphatic rings. The molecule has 7 aromatic rings. The first-order valence-electron chi connectivity index (χ1n) is 45.4. The molecule has 42 nitrogen and oxygen atoms in total. The van der Waals surface area contributed by atoms with E-state index in [-0.39, 0.29) is 86.6 Å². The normalized spacial score (nSPS) is 25.4. The van der Waals surface area contributed by atoms with Crippen molar-refractivity contribution in [1.29, 1.82) is 0 Å². The number of phenols is 3. The van der Waals surface area contributed by atoms with Crippen LogP contribution in [0, 0.1) is 5.92 Å². The molecule has 7 aliphatic heterocycles. The number of primary amides is 1. The van der Waals surface area contributed by atoms with E-state index in [1.165, 1.54) is 25.2 Å². The zero-order valence-electron chi connectivity index (χ0n) is 77.2. The minimum atomic E-state index is -2.43. The van der Waals surface area contributed by atoms with Crippen molar-refractivity contribution in [1.82, 2.24) is 63.4 Å². The van der Waals surface area contributed by atoms with Crippen molar-refractivity contribution in [3.05, 3.63) is 175 Å². The summed E-state index contributed by atoms with van der Waals surface area (Å²) in [6.07, 6.45) is -27.1. The summed E-state index contributed by atoms with van der Waals surface area (Å²) in [5, 5.41) is 190. The van der Waals surface area contributed by atoms with Gasteiger partial charge in [0.15, 0.2) is 30.0 Å². The minimum Gasteiger partial charge on any atom is -0.507 e. The van der Waals surface area contributed by atoms with Crippen LogP contribution in [0.4, 0.5) is 0 Å². The van der Waals surface area contributed by atoms with Crippen molar-refractivity contribution in [3.8, 4) is 68.2 Å². The summed E-state index contributed by atoms with van der Waals surface area (Å²) in [4.78, 5) is 137. The number of nitrogens with one attached hydrogen (secondary N) is 11. The Morgan fingerprint density at radius 3 is 1.86 bits per heavy atom. The quantitative estimate of drug-likeness (QED) is 0.0251. The van der Waals surface area contributed by atoms with Crippen LogP contribution in [0.25, 0.3) is 22.3 Å². The average molecular weight is 2010 g/mol. The number of rotatable bonds is 33. The lowest BCUT2D eigenvalue weighted by molar-refractivity contribution is -0.335. The zero-order chi connectivity index (χ0) is 102. The first kappa shape index (κ1) is 108. The molecule has 0 aromatic heterocycles. The monoisotopic (exact) mass is 2010 g/mol. The van der Waals surface area contributed by atoms with E-state index in [0.29, 0.717) is 11.6 Å². The second-order valence-corrected chi connectivity index (χ2v) is 36.9. The molecule has 7 aromatic carbocycles. The van der Waals surface area contributed by atoms with Crippen molar-refractivity contribution < 1.29 is 143 Å². The van der Waals surface area contributed by atoms with Gasteiger partial charge in [-0.1, -0.05) is 110 Å². The Morgan fingerprint density at radius 1 is 0.643 bits per heavy atom. The molecule has 0 spiro atoms. The maximum Gasteiger partial charge on any atom is 0.251 e. The van der Waals surface area contributed by atoms with Gasteiger partial charge in [0, 0.05) is 48.7 Å². The van der Waals surface area contributed by atoms with Gasteiger partial charge in [0.2, 0.25) is 59.3 Å². The number of carbonyl (C=O) groups excluding carboxylic acids is 9. The predicted octanol–water partition coefficient (Wildman–Crippen LogP) is 0.663. The van der Waals surface area contributed by atoms with Crippen LogP contribution in [0.3, 0.4) is 0 Å². The number of hydrogen-bond donors (Lipinski definition) is 26. The number of aliphatic hydroxyl groups is 11. The molecule has 7 heterocycles. The summed E-state index contributed by atoms with van der Waals surface area (Å²) < 4.78 is 40.1. The standard InChI is InChI=1S/C95H118Cl3N13O29/c1-8-95(104-38-44-11-13-45(14-12-44)46-15-20-51(96)21-16-46)37-68(135-43(4)85(95)126)139-84-81(124)79(122)66(41-113)138-94(84)140-83-64-33-50-34-65(83)137-63-24-19-49(32-56(63)98)76(119)74-92(133)108-72(88(129)102-27-10-28-111(6)7)53-35-60(115)54(39-101-25-9-26-103-93(134)82(125)80(123)78(121)61(116)40-112)77(120)69(53)52-30-47(17-22-59(52)114)70(89(130)110-74)107-90(131)71(50)106-87(128)58(36-67(99)117)105-91(132)73(109-86(127)57(100-5)29-42(2)3)75(118)48-18-23-62(136-64)55(97)31-48/h11-24,30-35,42-43,57-58,61,66,68,70-76,78-82,84-85,94,100-101,104,112-116,118-126H,8-10,25-29,36-41H2,1-7H3,(H2,99,117)(H,102,129)(H,103,134)(H,105,132)(H,106,128)(H,107,131)(H,108,133)(H,109,127)(H,110,130)/t43-,57+,58?,61+,66+,68-,70-,71+,72?,73+,74-,75+,76+,78+,79?,80-,81?,82+,84+,85-,94-,95?/m0/s1. The second-order valence-electron chi connectivity index (χ2n) is 35.6. The Hall–Kier alpha value is -11.3. The van der Waals surface area contributed by atoms with E-state index in [1.54, 1.807) is 38.1 Å². The maximum atomic E-state index is 16.7. The van der Waals surface area contributed by atoms with Crippen LogP contribution in [-0.2, 0) is 70.5 Å². The highest BCUT2D eigenvalue weighted by molar-refractivity contribution is 6.32. The van der Waals surface area contributed by atoms with Crippen LogP contribution in [0.2, 0.25) is 15.1 Å². The van der Waals surface area contributed by atoms with Crippen LogP contribution in [0.1, 0.15) is 135 Å². The number of aliphatic hydroxyl groups excluding tert-OH is 11. The number of phenolic OH excluding ortho intramolecular Hbond substituents is 3. The smallest absolute Gasteiger partial charge is 0.251 e. The Balaban J connectivity index is 1.03. The third-order valence-corrected chi connectivity index (χ3v) is 25.9. The number of nitrogens with zero attached hydrogens (tertiary/aromatic N) is 1. The Morgan fingerprint density at radius 2 is 1.26 bits per heavy atom. The van der Waals surface area contributed by atoms with Gasteiger partial charge in [0.25, 0.3) is 5.91 Å². The highest BCUT2D eigenvalue weighted by Crippen LogP contribution is 2.51. The highest BCUT2D eigenvalue weighted by atomic mass is 35.5. The molecule has 2 saturated heterocycles. The summed E-state index contributed by atoms with van der Waals surface area (Å²) in [6.45, 7) is 4.68. The molecule has 5 unspecified atom stereocenters. The number of fused-ring (bicyclic) bond motifs is 15. The van der Waals surface area contributed by atoms with Crippen molar-refractivity contribution in [2.45, 2.75) is 213 Å². The van der Waals surface area contributed by atoms with E-state index in [0.717, 1.165) is 71.3 Å². The minimum absolute atomic E-state index is 0.00356. The molecule has 140 heavy (non-hydrogen) atoms. The topological polar surface area (TPSA) is 654 Å². The van der Waals surface area contributed by atoms with Crippen LogP contribution in [0.5, 0.6) is 46.0 Å². The van der Waals surface area contributed by atoms with E-state index in [2.05, 4.69) is 58.5 Å². The van der Waals surface area contributed by atoms with E-state index in [1.807, 2.05) is 57.2 Å². The fourth-order valence-corrected chi connectivity index (χ4v) is 17.7. The van der Waals surface area contributed by atoms with E-state index < -0.39 is 291 Å². The Kier molecular flexibility index (Phi) is 36.5. The largest absolute Gasteiger partial charge is 0.507 e. The third-order valence-electron chi connectivity index (χ3n) is 25.0. The van der Waals surface area contributed by atoms with Gasteiger partial charge in [0.1, 0.15) is 114 Å². The number of amides is 9. The molecule has 0 radical (unpaired) electrons. The van der Waals surface area contributed by atoms with Crippen molar-refractivity contribution in [3.63, 3.8) is 0 Å². The van der Waals surface area contributed by atoms with E-state index >= 15 is 28.8 Å². The van der Waals surface area contributed by atoms with Gasteiger partial charge in [0.05, 0.1) is 59.0 Å². The molecule has 0 saturated carbocycles. The van der Waals surface area contributed by atoms with Crippen molar-refractivity contribution >= 4 is 88.0 Å². The van der Waals surface area contributed by atoms with Gasteiger partial charge in [-0.2, -0.15) is 0 Å². The zero-order valence-corrected chi connectivity index (χ0v) is 79.5. The molecule has 14 rings (SSSR count). The van der Waals surface area contributed by atoms with E-state index in [9.17, 15) is 85.9 Å². The summed E-state index contributed by atoms with van der Waals surface area (Å²) in [6, 6.07) is 13.5. The number of likely N-dealkylation sites (N-methyl/N-ethyl adjacent to an activating group) is 1. The van der Waals surface area contributed by atoms with Crippen molar-refractivity contribution in [2.75, 3.05) is 60.5 Å². The summed E-state index contributed by atoms with van der Waals surface area (Å²) >= 11 is 20.7. The first-order valence-corrected chi connectivity index (χ1v) is 46.5. The van der Waals surface area contributed by atoms with Crippen LogP contribution < -0.4 is 78.4 Å². The molecular weight excluding hydrogens is 1890 g/mol. The van der Waals surface area contributed by atoms with Crippen LogP contribution in [0.15, 0.2) is 121 Å². The fraction of sp³-hybridized carbons (Fsp3) is 0.463. The highest BCUT2D eigenvalue weighted by Gasteiger charge is 2.53. The summed E-state index contributed by atoms with van der Waals surface area (Å²) in [5.74, 6) is -16.8. The second kappa shape index (κ2) is 47.5. The Bertz CT molecular complexity index is 5620. The van der Waals surface area contributed by atoms with Gasteiger partial charge in [-0.15, -0.1) is 0 Å². The number of benzene rings is 7. The summed E-state index contributed by atoms with van der Waals surface area (Å²) in [5.41, 5.74) is 3.99. The molecule has 11 bridgehead atoms. The number of ether oxygens (including phenoxy) is 6. The lowest BCUT2D eigenvalue weighted by atomic mass is 9.80. The van der Waals surface area contributed by atoms with Crippen molar-refractivity contribution in [2.24, 2.45) is 11.7 Å². The molecule has 9 amide bonds. The van der Waals surface area contributed by atoms with Gasteiger partial charge in [-0.25, -0.2) is 0 Å². The first-order chi connectivity index (χ1) is 66.6. The van der Waals surface area contributed by atoms with E-state index in [4.69, 9.17) is 69.0 Å². The molecule has 758 valence electrons. The number of halogens is 3. The lowest BCUT2D eigenvalue weighted by Crippen LogP contribution is -2.66. The fourth-order valence-electron chi connectivity index (χ4n) is 17.1. The van der Waals surface area contributed by atoms with Gasteiger partial charge >= 0.3 is 0 Å². The number of hydrogen-bond acceptors (Lipinski definition) is 33. The molecule has 2 fully saturated rings. The molecule has 0 aliphatic carbocycles. The number of aromatic hydroxyl groups is 3. The van der Waals surface area contributed by atoms with Gasteiger partial charge < -0.3 is 169 Å². The average Bonchev–Trinajstić information content (AvgIpc) is 0.754. The maximum absolute atomic E-state index is 16.7. The van der Waals surface area contributed by atoms with Gasteiger partial charge in [-0.3, -0.25) is 43.2 Å². The molecule has 22 atom stereocenters. The molecule has 45 heteroatoms. The lowest BCUT2D eigenvalue weighted by Gasteiger charge is -2.49. The predicted molar refractivity (Wildman–Crippen MR) is 502 cm³/mol. The SMILES string of the molecule is CCC1(NCc2ccc(-c3ccc(Cl)cc3)cc2)C[C@H](O[C@@H]2C(O)C(O)[C@@H](CO)O[C@H]2Oc2c3cc4cc2Oc2ccc(cc2Cl)[C@@H](O)[C@@H](NC(=O)[C@@H](CC(C)C)NC)C(=O)NC(CC(N)=O)C(=O)N[C@H]4C(=O)N[C@@H]2C(=O)N[C@H](C(=O)NC(C(=O)NCCCN(C)C)c4cc(O)c(CNCCCNC(=O)[C@H](O)[C@@H](O)[C@H](O)[C@H](O)CO)c(O)c4-c4cc2ccc4O)[C@H](O)c2ccc(c(Cl)c2)O3)O[C@@H](C)[C@@H]1O. The summed E-state index contributed by atoms with van der Waals surface area (Å²) in [7, 11) is 4.99. The van der Waals surface area contributed by atoms with Gasteiger partial charge in [-0.05, 0) is 184 Å². The number of nitrogens with two attached hydrogens (primary N) is 1. The third kappa shape index (κ3) is 25.2. The number of carbonyl (C=O) groups is 9.